The van der Waals surface area contributed by atoms with E-state index in [0.717, 1.165) is 12.1 Å². The molecule has 0 amide bonds. The molecule has 101 valence electrons. The molecule has 0 unspecified atom stereocenters. The number of aryl methyl sites for hydroxylation is 1. The Balaban J connectivity index is 2.00. The lowest BCUT2D eigenvalue weighted by Crippen LogP contribution is -1.91. The van der Waals surface area contributed by atoms with Crippen molar-refractivity contribution in [1.29, 1.82) is 0 Å². The molecule has 0 spiro atoms. The fraction of sp³-hybridized carbons (Fsp3) is 0.647. The van der Waals surface area contributed by atoms with Gasteiger partial charge in [0.25, 0.3) is 0 Å². The van der Waals surface area contributed by atoms with Gasteiger partial charge in [0.15, 0.2) is 0 Å². The maximum atomic E-state index is 4.38. The van der Waals surface area contributed by atoms with E-state index in [2.05, 4.69) is 31.0 Å². The standard InChI is InChI=1S/C17H28N/c1-3-5-6-7-8-9-10-11-12-16-13-14-17(4-2)18-15-16/h13-15H,2-12H2,1H3. The van der Waals surface area contributed by atoms with Gasteiger partial charge in [-0.05, 0) is 37.8 Å². The molecule has 0 saturated carbocycles. The zero-order valence-corrected chi connectivity index (χ0v) is 12.0. The lowest BCUT2D eigenvalue weighted by Gasteiger charge is -2.03. The van der Waals surface area contributed by atoms with Crippen LogP contribution >= 0.6 is 0 Å². The highest BCUT2D eigenvalue weighted by molar-refractivity contribution is 5.14. The smallest absolute Gasteiger partial charge is 0.0403 e. The molecule has 0 aromatic carbocycles. The van der Waals surface area contributed by atoms with Gasteiger partial charge < -0.3 is 0 Å². The summed E-state index contributed by atoms with van der Waals surface area (Å²) in [5.41, 5.74) is 2.47. The van der Waals surface area contributed by atoms with Crippen molar-refractivity contribution in [2.45, 2.75) is 71.1 Å². The first kappa shape index (κ1) is 15.2. The number of nitrogens with zero attached hydrogens (tertiary/aromatic N) is 1. The van der Waals surface area contributed by atoms with Gasteiger partial charge in [0.1, 0.15) is 0 Å². The van der Waals surface area contributed by atoms with Crippen LogP contribution in [0.5, 0.6) is 0 Å². The van der Waals surface area contributed by atoms with Crippen LogP contribution < -0.4 is 0 Å². The molecule has 0 fully saturated rings. The normalized spacial score (nSPS) is 10.8. The first-order valence-corrected chi connectivity index (χ1v) is 7.60. The van der Waals surface area contributed by atoms with Gasteiger partial charge in [0.2, 0.25) is 0 Å². The van der Waals surface area contributed by atoms with Gasteiger partial charge in [-0.3, -0.25) is 4.98 Å². The second kappa shape index (κ2) is 10.1. The van der Waals surface area contributed by atoms with E-state index < -0.39 is 0 Å². The zero-order valence-electron chi connectivity index (χ0n) is 12.0. The summed E-state index contributed by atoms with van der Waals surface area (Å²) in [4.78, 5) is 4.38. The number of aromatic nitrogens is 1. The molecular weight excluding hydrogens is 218 g/mol. The van der Waals surface area contributed by atoms with E-state index in [1.54, 1.807) is 0 Å². The summed E-state index contributed by atoms with van der Waals surface area (Å²) >= 11 is 0. The Bertz CT molecular complexity index is 289. The van der Waals surface area contributed by atoms with Crippen LogP contribution in [0.2, 0.25) is 0 Å². The van der Waals surface area contributed by atoms with E-state index in [1.807, 2.05) is 6.20 Å². The first-order chi connectivity index (χ1) is 8.86. The second-order valence-corrected chi connectivity index (χ2v) is 5.13. The quantitative estimate of drug-likeness (QED) is 0.521. The number of unbranched alkanes of at least 4 members (excludes halogenated alkanes) is 7. The Labute approximate surface area is 113 Å². The van der Waals surface area contributed by atoms with Crippen molar-refractivity contribution in [3.63, 3.8) is 0 Å². The Morgan fingerprint density at radius 1 is 0.944 bits per heavy atom. The highest BCUT2D eigenvalue weighted by atomic mass is 14.7. The van der Waals surface area contributed by atoms with E-state index in [4.69, 9.17) is 0 Å². The fourth-order valence-electron chi connectivity index (χ4n) is 2.21. The molecule has 1 aromatic heterocycles. The van der Waals surface area contributed by atoms with Crippen LogP contribution in [0.4, 0.5) is 0 Å². The average molecular weight is 246 g/mol. The summed E-state index contributed by atoms with van der Waals surface area (Å²) in [5.74, 6) is 0. The molecule has 0 aliphatic carbocycles. The highest BCUT2D eigenvalue weighted by Gasteiger charge is 1.96. The number of pyridine rings is 1. The molecule has 1 aromatic rings. The van der Waals surface area contributed by atoms with Crippen LogP contribution in [0.3, 0.4) is 0 Å². The monoisotopic (exact) mass is 246 g/mol. The summed E-state index contributed by atoms with van der Waals surface area (Å²) in [6.07, 6.45) is 15.1. The maximum Gasteiger partial charge on any atom is 0.0403 e. The molecular formula is C17H28N. The summed E-state index contributed by atoms with van der Waals surface area (Å²) < 4.78 is 0. The minimum atomic E-state index is 0.790. The molecule has 1 heteroatoms. The molecule has 0 N–H and O–H groups in total. The Hall–Kier alpha value is -0.850. The van der Waals surface area contributed by atoms with E-state index in [0.29, 0.717) is 0 Å². The van der Waals surface area contributed by atoms with Crippen LogP contribution in [0, 0.1) is 6.92 Å². The third kappa shape index (κ3) is 6.78. The van der Waals surface area contributed by atoms with Gasteiger partial charge in [0, 0.05) is 11.9 Å². The van der Waals surface area contributed by atoms with Gasteiger partial charge >= 0.3 is 0 Å². The number of hydrogen-bond acceptors (Lipinski definition) is 1. The number of hydrogen-bond donors (Lipinski definition) is 0. The first-order valence-electron chi connectivity index (χ1n) is 7.60. The van der Waals surface area contributed by atoms with Crippen LogP contribution in [-0.4, -0.2) is 4.98 Å². The van der Waals surface area contributed by atoms with Crippen molar-refractivity contribution in [2.24, 2.45) is 0 Å². The fourth-order valence-corrected chi connectivity index (χ4v) is 2.21. The topological polar surface area (TPSA) is 12.9 Å². The molecule has 0 bridgehead atoms. The Morgan fingerprint density at radius 3 is 2.17 bits per heavy atom. The predicted octanol–water partition coefficient (Wildman–Crippen LogP) is 5.14. The summed E-state index contributed by atoms with van der Waals surface area (Å²) in [6.45, 7) is 6.11. The molecule has 1 nitrogen and oxygen atoms in total. The van der Waals surface area contributed by atoms with Gasteiger partial charge in [-0.25, -0.2) is 0 Å². The highest BCUT2D eigenvalue weighted by Crippen LogP contribution is 2.11. The van der Waals surface area contributed by atoms with Gasteiger partial charge in [-0.1, -0.05) is 57.9 Å². The van der Waals surface area contributed by atoms with Crippen molar-refractivity contribution < 1.29 is 0 Å². The van der Waals surface area contributed by atoms with Crippen molar-refractivity contribution in [2.75, 3.05) is 0 Å². The van der Waals surface area contributed by atoms with Crippen LogP contribution in [0.1, 0.15) is 69.5 Å². The van der Waals surface area contributed by atoms with Crippen LogP contribution in [0.15, 0.2) is 18.3 Å². The Morgan fingerprint density at radius 2 is 1.61 bits per heavy atom. The molecule has 1 radical (unpaired) electrons. The molecule has 18 heavy (non-hydrogen) atoms. The van der Waals surface area contributed by atoms with E-state index in [1.165, 1.54) is 63.4 Å². The average Bonchev–Trinajstić information content (AvgIpc) is 2.42. The largest absolute Gasteiger partial charge is 0.261 e. The summed E-state index contributed by atoms with van der Waals surface area (Å²) in [7, 11) is 0. The van der Waals surface area contributed by atoms with Crippen LogP contribution in [0.25, 0.3) is 0 Å². The van der Waals surface area contributed by atoms with E-state index in [-0.39, 0.29) is 0 Å². The van der Waals surface area contributed by atoms with E-state index >= 15 is 0 Å². The summed E-state index contributed by atoms with van der Waals surface area (Å²) in [6, 6.07) is 4.31. The minimum Gasteiger partial charge on any atom is -0.261 e. The van der Waals surface area contributed by atoms with Crippen molar-refractivity contribution >= 4 is 0 Å². The predicted molar refractivity (Wildman–Crippen MR) is 79.6 cm³/mol. The lowest BCUT2D eigenvalue weighted by atomic mass is 10.0. The maximum absolute atomic E-state index is 4.38. The third-order valence-electron chi connectivity index (χ3n) is 3.46. The summed E-state index contributed by atoms with van der Waals surface area (Å²) in [5, 5.41) is 0. The minimum absolute atomic E-state index is 0.790. The molecule has 0 saturated heterocycles. The van der Waals surface area contributed by atoms with Crippen molar-refractivity contribution in [3.8, 4) is 0 Å². The molecule has 0 aliphatic rings. The second-order valence-electron chi connectivity index (χ2n) is 5.13. The number of rotatable bonds is 10. The van der Waals surface area contributed by atoms with Gasteiger partial charge in [0.05, 0.1) is 0 Å². The van der Waals surface area contributed by atoms with Gasteiger partial charge in [-0.2, -0.15) is 0 Å². The van der Waals surface area contributed by atoms with Crippen molar-refractivity contribution in [3.05, 3.63) is 36.5 Å². The third-order valence-corrected chi connectivity index (χ3v) is 3.46. The van der Waals surface area contributed by atoms with E-state index in [9.17, 15) is 0 Å². The SMILES string of the molecule is [CH2]Cc1ccc(CCCCCCCCCC)cn1. The lowest BCUT2D eigenvalue weighted by molar-refractivity contribution is 0.575. The molecule has 0 aliphatic heterocycles. The molecule has 0 atom stereocenters. The van der Waals surface area contributed by atoms with Crippen molar-refractivity contribution in [1.82, 2.24) is 4.98 Å². The van der Waals surface area contributed by atoms with Crippen LogP contribution in [-0.2, 0) is 12.8 Å². The molecule has 1 heterocycles. The molecule has 1 rings (SSSR count). The Kier molecular flexibility index (Phi) is 8.54. The zero-order chi connectivity index (χ0) is 13.1. The van der Waals surface area contributed by atoms with Gasteiger partial charge in [-0.15, -0.1) is 0 Å².